The van der Waals surface area contributed by atoms with Gasteiger partial charge >= 0.3 is 0 Å². The first kappa shape index (κ1) is 22.1. The molecule has 0 aliphatic heterocycles. The fourth-order valence-corrected chi connectivity index (χ4v) is 4.72. The Labute approximate surface area is 181 Å². The molecule has 0 saturated carbocycles. The number of thioether (sulfide) groups is 1. The van der Waals surface area contributed by atoms with Crippen LogP contribution in [0.1, 0.15) is 21.7 Å². The molecule has 30 heavy (non-hydrogen) atoms. The molecule has 3 aromatic rings. The number of hydrogen-bond acceptors (Lipinski definition) is 5. The van der Waals surface area contributed by atoms with E-state index < -0.39 is 10.0 Å². The summed E-state index contributed by atoms with van der Waals surface area (Å²) in [6.45, 7) is 0.784. The van der Waals surface area contributed by atoms with Crippen LogP contribution < -0.4 is 5.32 Å². The van der Waals surface area contributed by atoms with Gasteiger partial charge in [0.15, 0.2) is 0 Å². The molecule has 158 valence electrons. The number of hydrogen-bond donors (Lipinski definition) is 1. The maximum Gasteiger partial charge on any atom is 0.251 e. The van der Waals surface area contributed by atoms with Crippen molar-refractivity contribution in [1.29, 1.82) is 0 Å². The Morgan fingerprint density at radius 1 is 1.03 bits per heavy atom. The number of amides is 1. The van der Waals surface area contributed by atoms with Gasteiger partial charge in [-0.15, -0.1) is 0 Å². The Morgan fingerprint density at radius 2 is 1.77 bits per heavy atom. The van der Waals surface area contributed by atoms with Gasteiger partial charge in [0.25, 0.3) is 5.91 Å². The molecule has 0 radical (unpaired) electrons. The summed E-state index contributed by atoms with van der Waals surface area (Å²) in [5, 5.41) is 2.89. The standard InChI is InChI=1S/C22H24N2O4S2/c1-24(30(26,27)21-7-3-2-4-8-21)16-18-9-11-19(12-10-18)22(25)23-13-15-29-17-20-6-5-14-28-20/h2-12,14H,13,15-17H2,1H3,(H,23,25). The van der Waals surface area contributed by atoms with Crippen LogP contribution in [-0.4, -0.2) is 38.0 Å². The number of nitrogens with zero attached hydrogens (tertiary/aromatic N) is 1. The molecule has 0 bridgehead atoms. The molecule has 0 fully saturated rings. The van der Waals surface area contributed by atoms with Gasteiger partial charge in [-0.1, -0.05) is 30.3 Å². The molecule has 1 N–H and O–H groups in total. The van der Waals surface area contributed by atoms with Crippen molar-refractivity contribution in [1.82, 2.24) is 9.62 Å². The smallest absolute Gasteiger partial charge is 0.251 e. The number of benzene rings is 2. The highest BCUT2D eigenvalue weighted by molar-refractivity contribution is 7.98. The van der Waals surface area contributed by atoms with Crippen LogP contribution in [-0.2, 0) is 22.3 Å². The number of carbonyl (C=O) groups is 1. The van der Waals surface area contributed by atoms with E-state index in [-0.39, 0.29) is 17.3 Å². The summed E-state index contributed by atoms with van der Waals surface area (Å²) in [5.74, 6) is 2.33. The van der Waals surface area contributed by atoms with Crippen LogP contribution in [0.5, 0.6) is 0 Å². The monoisotopic (exact) mass is 444 g/mol. The highest BCUT2D eigenvalue weighted by Gasteiger charge is 2.20. The molecule has 0 atom stereocenters. The summed E-state index contributed by atoms with van der Waals surface area (Å²) in [6.07, 6.45) is 1.65. The van der Waals surface area contributed by atoms with Crippen molar-refractivity contribution in [3.05, 3.63) is 89.9 Å². The molecule has 1 amide bonds. The molecule has 0 spiro atoms. The van der Waals surface area contributed by atoms with Crippen LogP contribution in [0.2, 0.25) is 0 Å². The van der Waals surface area contributed by atoms with Gasteiger partial charge in [-0.25, -0.2) is 8.42 Å². The summed E-state index contributed by atoms with van der Waals surface area (Å²) in [6, 6.07) is 19.1. The van der Waals surface area contributed by atoms with E-state index in [1.54, 1.807) is 79.7 Å². The highest BCUT2D eigenvalue weighted by Crippen LogP contribution is 2.17. The van der Waals surface area contributed by atoms with Crippen molar-refractivity contribution in [2.24, 2.45) is 0 Å². The number of nitrogens with one attached hydrogen (secondary N) is 1. The van der Waals surface area contributed by atoms with Gasteiger partial charge in [0, 0.05) is 31.5 Å². The molecule has 3 rings (SSSR count). The van der Waals surface area contributed by atoms with Gasteiger partial charge in [0.2, 0.25) is 10.0 Å². The van der Waals surface area contributed by atoms with Crippen LogP contribution in [0.25, 0.3) is 0 Å². The van der Waals surface area contributed by atoms with Crippen molar-refractivity contribution in [2.45, 2.75) is 17.2 Å². The lowest BCUT2D eigenvalue weighted by Gasteiger charge is -2.17. The number of carbonyl (C=O) groups excluding carboxylic acids is 1. The average molecular weight is 445 g/mol. The van der Waals surface area contributed by atoms with Gasteiger partial charge in [-0.2, -0.15) is 16.1 Å². The van der Waals surface area contributed by atoms with E-state index in [1.165, 1.54) is 4.31 Å². The van der Waals surface area contributed by atoms with Crippen molar-refractivity contribution in [3.8, 4) is 0 Å². The highest BCUT2D eigenvalue weighted by atomic mass is 32.2. The Hall–Kier alpha value is -2.55. The largest absolute Gasteiger partial charge is 0.468 e. The van der Waals surface area contributed by atoms with Gasteiger partial charge in [0.1, 0.15) is 5.76 Å². The quantitative estimate of drug-likeness (QED) is 0.482. The zero-order chi connectivity index (χ0) is 21.4. The second-order valence-electron chi connectivity index (χ2n) is 6.66. The maximum atomic E-state index is 12.6. The van der Waals surface area contributed by atoms with Crippen LogP contribution >= 0.6 is 11.8 Å². The lowest BCUT2D eigenvalue weighted by molar-refractivity contribution is 0.0956. The molecular weight excluding hydrogens is 420 g/mol. The average Bonchev–Trinajstić information content (AvgIpc) is 3.28. The summed E-state index contributed by atoms with van der Waals surface area (Å²) in [7, 11) is -2.01. The molecule has 0 unspecified atom stereocenters. The number of sulfonamides is 1. The molecule has 1 aromatic heterocycles. The van der Waals surface area contributed by atoms with E-state index >= 15 is 0 Å². The SMILES string of the molecule is CN(Cc1ccc(C(=O)NCCSCc2ccco2)cc1)S(=O)(=O)c1ccccc1. The van der Waals surface area contributed by atoms with Crippen LogP contribution in [0.15, 0.2) is 82.3 Å². The minimum Gasteiger partial charge on any atom is -0.468 e. The minimum atomic E-state index is -3.55. The molecule has 0 aliphatic rings. The lowest BCUT2D eigenvalue weighted by atomic mass is 10.1. The molecule has 0 saturated heterocycles. The normalized spacial score (nSPS) is 11.5. The molecule has 2 aromatic carbocycles. The van der Waals surface area contributed by atoms with Gasteiger partial charge < -0.3 is 9.73 Å². The van der Waals surface area contributed by atoms with E-state index in [9.17, 15) is 13.2 Å². The number of rotatable bonds is 10. The molecule has 1 heterocycles. The first-order valence-corrected chi connectivity index (χ1v) is 12.0. The first-order chi connectivity index (χ1) is 14.5. The van der Waals surface area contributed by atoms with Crippen LogP contribution in [0.3, 0.4) is 0 Å². The summed E-state index contributed by atoms with van der Waals surface area (Å²) in [5.41, 5.74) is 1.35. The second-order valence-corrected chi connectivity index (χ2v) is 9.81. The third kappa shape index (κ3) is 5.98. The fraction of sp³-hybridized carbons (Fsp3) is 0.227. The van der Waals surface area contributed by atoms with Gasteiger partial charge in [-0.3, -0.25) is 4.79 Å². The van der Waals surface area contributed by atoms with E-state index in [0.717, 1.165) is 22.8 Å². The Bertz CT molecular complexity index is 1030. The Morgan fingerprint density at radius 3 is 2.43 bits per heavy atom. The zero-order valence-electron chi connectivity index (χ0n) is 16.7. The lowest BCUT2D eigenvalue weighted by Crippen LogP contribution is -2.27. The molecule has 8 heteroatoms. The zero-order valence-corrected chi connectivity index (χ0v) is 18.3. The van der Waals surface area contributed by atoms with Crippen molar-refractivity contribution < 1.29 is 17.6 Å². The molecular formula is C22H24N2O4S2. The van der Waals surface area contributed by atoms with E-state index in [0.29, 0.717) is 12.1 Å². The minimum absolute atomic E-state index is 0.148. The van der Waals surface area contributed by atoms with E-state index in [2.05, 4.69) is 5.32 Å². The van der Waals surface area contributed by atoms with Gasteiger partial charge in [0.05, 0.1) is 16.9 Å². The van der Waals surface area contributed by atoms with Gasteiger partial charge in [-0.05, 0) is 42.0 Å². The van der Waals surface area contributed by atoms with Crippen molar-refractivity contribution in [2.75, 3.05) is 19.3 Å². The van der Waals surface area contributed by atoms with Crippen LogP contribution in [0, 0.1) is 0 Å². The third-order valence-corrected chi connectivity index (χ3v) is 7.23. The van der Waals surface area contributed by atoms with Crippen molar-refractivity contribution >= 4 is 27.7 Å². The maximum absolute atomic E-state index is 12.6. The topological polar surface area (TPSA) is 79.6 Å². The fourth-order valence-electron chi connectivity index (χ4n) is 2.78. The Balaban J connectivity index is 1.47. The summed E-state index contributed by atoms with van der Waals surface area (Å²) >= 11 is 1.69. The third-order valence-electron chi connectivity index (χ3n) is 4.43. The van der Waals surface area contributed by atoms with E-state index in [4.69, 9.17) is 4.42 Å². The number of furan rings is 1. The van der Waals surface area contributed by atoms with Crippen molar-refractivity contribution in [3.63, 3.8) is 0 Å². The summed E-state index contributed by atoms with van der Waals surface area (Å²) < 4.78 is 31.8. The second kappa shape index (κ2) is 10.5. The predicted octanol–water partition coefficient (Wildman–Crippen LogP) is 3.76. The van der Waals surface area contributed by atoms with Crippen LogP contribution in [0.4, 0.5) is 0 Å². The molecule has 0 aliphatic carbocycles. The molecule has 6 nitrogen and oxygen atoms in total. The van der Waals surface area contributed by atoms with E-state index in [1.807, 2.05) is 12.1 Å². The Kier molecular flexibility index (Phi) is 7.73. The first-order valence-electron chi connectivity index (χ1n) is 9.45. The predicted molar refractivity (Wildman–Crippen MR) is 119 cm³/mol. The summed E-state index contributed by atoms with van der Waals surface area (Å²) in [4.78, 5) is 12.5.